The molecule has 0 aromatic heterocycles. The van der Waals surface area contributed by atoms with Gasteiger partial charge in [0.2, 0.25) is 5.91 Å². The molecule has 2 aromatic rings. The number of aliphatic imine (C=N–C) groups is 2. The van der Waals surface area contributed by atoms with Crippen LogP contribution in [-0.4, -0.2) is 39.0 Å². The van der Waals surface area contributed by atoms with E-state index in [9.17, 15) is 9.59 Å². The summed E-state index contributed by atoms with van der Waals surface area (Å²) in [4.78, 5) is 37.4. The molecule has 2 heterocycles. The zero-order valence-corrected chi connectivity index (χ0v) is 19.8. The van der Waals surface area contributed by atoms with Crippen LogP contribution in [0.25, 0.3) is 0 Å². The Labute approximate surface area is 197 Å². The molecule has 0 saturated heterocycles. The number of rotatable bonds is 6. The van der Waals surface area contributed by atoms with Crippen molar-refractivity contribution < 1.29 is 9.59 Å². The van der Waals surface area contributed by atoms with Crippen LogP contribution < -0.4 is 5.32 Å². The van der Waals surface area contributed by atoms with Gasteiger partial charge >= 0.3 is 0 Å². The number of nitrogens with zero attached hydrogens (tertiary/aromatic N) is 3. The molecule has 2 aromatic carbocycles. The van der Waals surface area contributed by atoms with Crippen LogP contribution in [0.1, 0.15) is 39.2 Å². The second-order valence-electron chi connectivity index (χ2n) is 8.20. The van der Waals surface area contributed by atoms with Crippen molar-refractivity contribution in [2.45, 2.75) is 44.9 Å². The summed E-state index contributed by atoms with van der Waals surface area (Å²) >= 11 is 7.33. The van der Waals surface area contributed by atoms with Gasteiger partial charge in [-0.1, -0.05) is 62.3 Å². The number of hydrogen-bond donors (Lipinski definition) is 1. The van der Waals surface area contributed by atoms with E-state index in [4.69, 9.17) is 21.6 Å². The normalized spacial score (nSPS) is 18.1. The number of carbonyl (C=O) groups is 2. The third-order valence-corrected chi connectivity index (χ3v) is 6.80. The fourth-order valence-corrected chi connectivity index (χ4v) is 4.93. The van der Waals surface area contributed by atoms with Crippen molar-refractivity contribution in [3.63, 3.8) is 0 Å². The van der Waals surface area contributed by atoms with Gasteiger partial charge in [0, 0.05) is 16.3 Å². The lowest BCUT2D eigenvalue weighted by molar-refractivity contribution is -0.125. The first kappa shape index (κ1) is 22.6. The van der Waals surface area contributed by atoms with Crippen molar-refractivity contribution in [3.05, 3.63) is 59.1 Å². The highest BCUT2D eigenvalue weighted by Gasteiger charge is 2.42. The van der Waals surface area contributed by atoms with Crippen LogP contribution in [0.4, 0.5) is 11.4 Å². The van der Waals surface area contributed by atoms with Crippen LogP contribution in [0.15, 0.2) is 58.5 Å². The molecular weight excluding hydrogens is 444 g/mol. The average Bonchev–Trinajstić information content (AvgIpc) is 3.08. The Morgan fingerprint density at radius 3 is 2.72 bits per heavy atom. The number of para-hydroxylation sites is 1. The largest absolute Gasteiger partial charge is 0.325 e. The summed E-state index contributed by atoms with van der Waals surface area (Å²) in [7, 11) is 0. The van der Waals surface area contributed by atoms with E-state index >= 15 is 0 Å². The molecule has 0 fully saturated rings. The molecule has 0 saturated carbocycles. The molecule has 2 aliphatic rings. The summed E-state index contributed by atoms with van der Waals surface area (Å²) in [5.41, 5.74) is 2.23. The second-order valence-corrected chi connectivity index (χ2v) is 9.80. The van der Waals surface area contributed by atoms with Crippen LogP contribution in [-0.2, 0) is 9.59 Å². The van der Waals surface area contributed by atoms with Crippen molar-refractivity contribution in [1.82, 2.24) is 4.90 Å². The van der Waals surface area contributed by atoms with Gasteiger partial charge in [-0.05, 0) is 49.1 Å². The second kappa shape index (κ2) is 9.46. The van der Waals surface area contributed by atoms with Gasteiger partial charge in [-0.15, -0.1) is 0 Å². The molecule has 0 unspecified atom stereocenters. The Hall–Kier alpha value is -2.64. The summed E-state index contributed by atoms with van der Waals surface area (Å²) in [6.07, 6.45) is 1.24. The quantitative estimate of drug-likeness (QED) is 0.608. The highest BCUT2D eigenvalue weighted by atomic mass is 35.5. The van der Waals surface area contributed by atoms with Crippen LogP contribution in [0.2, 0.25) is 5.02 Å². The topological polar surface area (TPSA) is 74.1 Å². The maximum atomic E-state index is 13.3. The lowest BCUT2D eigenvalue weighted by atomic mass is 10.0. The predicted octanol–water partition coefficient (Wildman–Crippen LogP) is 5.50. The fourth-order valence-electron chi connectivity index (χ4n) is 3.72. The highest BCUT2D eigenvalue weighted by molar-refractivity contribution is 8.15. The van der Waals surface area contributed by atoms with E-state index in [1.54, 1.807) is 29.2 Å². The van der Waals surface area contributed by atoms with Crippen molar-refractivity contribution in [2.75, 3.05) is 5.32 Å². The van der Waals surface area contributed by atoms with Gasteiger partial charge in [0.05, 0.1) is 10.9 Å². The lowest BCUT2D eigenvalue weighted by Gasteiger charge is -2.27. The van der Waals surface area contributed by atoms with E-state index < -0.39 is 11.3 Å². The minimum atomic E-state index is -0.434. The Kier molecular flexibility index (Phi) is 6.67. The van der Waals surface area contributed by atoms with Crippen molar-refractivity contribution in [2.24, 2.45) is 15.9 Å². The number of benzene rings is 2. The smallest absolute Gasteiger partial charge is 0.259 e. The van der Waals surface area contributed by atoms with Gasteiger partial charge in [-0.3, -0.25) is 14.6 Å². The number of fused-ring (bicyclic) bond motifs is 3. The van der Waals surface area contributed by atoms with Crippen molar-refractivity contribution in [3.8, 4) is 0 Å². The standard InChI is InChI=1S/C24H25ClN4O2S/c1-4-20(22(30)26-16-9-7-8-15(25)13-16)32-24-28-18-11-6-5-10-17(18)21-27-19(12-14(2)3)23(31)29(21)24/h5-11,13-14,19-20H,4,12H2,1-3H3,(H,26,30)/t19-,20+/m1/s1. The Morgan fingerprint density at radius 1 is 1.22 bits per heavy atom. The first-order chi connectivity index (χ1) is 15.4. The number of amides is 2. The van der Waals surface area contributed by atoms with Gasteiger partial charge < -0.3 is 5.32 Å². The third-order valence-electron chi connectivity index (χ3n) is 5.25. The molecule has 2 amide bonds. The zero-order valence-electron chi connectivity index (χ0n) is 18.2. The minimum Gasteiger partial charge on any atom is -0.325 e. The number of halogens is 1. The molecule has 8 heteroatoms. The maximum absolute atomic E-state index is 13.3. The van der Waals surface area contributed by atoms with E-state index in [1.807, 2.05) is 31.2 Å². The summed E-state index contributed by atoms with van der Waals surface area (Å²) in [5, 5.41) is 3.53. The number of anilines is 1. The number of amidine groups is 2. The van der Waals surface area contributed by atoms with Gasteiger partial charge in [0.1, 0.15) is 11.9 Å². The van der Waals surface area contributed by atoms with E-state index in [-0.39, 0.29) is 11.8 Å². The Morgan fingerprint density at radius 2 is 2.00 bits per heavy atom. The van der Waals surface area contributed by atoms with Gasteiger partial charge in [0.25, 0.3) is 5.91 Å². The van der Waals surface area contributed by atoms with Gasteiger partial charge in [-0.25, -0.2) is 9.89 Å². The van der Waals surface area contributed by atoms with E-state index in [0.717, 1.165) is 11.3 Å². The maximum Gasteiger partial charge on any atom is 0.259 e. The predicted molar refractivity (Wildman–Crippen MR) is 132 cm³/mol. The minimum absolute atomic E-state index is 0.0837. The van der Waals surface area contributed by atoms with Gasteiger partial charge in [-0.2, -0.15) is 0 Å². The summed E-state index contributed by atoms with van der Waals surface area (Å²) in [5.74, 6) is 0.716. The fraction of sp³-hybridized carbons (Fsp3) is 0.333. The Bertz CT molecular complexity index is 1110. The number of hydrogen-bond acceptors (Lipinski definition) is 5. The van der Waals surface area contributed by atoms with Crippen molar-refractivity contribution in [1.29, 1.82) is 0 Å². The molecule has 2 aliphatic heterocycles. The number of nitrogens with one attached hydrogen (secondary N) is 1. The first-order valence-corrected chi connectivity index (χ1v) is 12.0. The average molecular weight is 469 g/mol. The molecule has 1 N–H and O–H groups in total. The van der Waals surface area contributed by atoms with Crippen LogP contribution in [0, 0.1) is 5.92 Å². The molecule has 0 bridgehead atoms. The van der Waals surface area contributed by atoms with E-state index in [1.165, 1.54) is 11.8 Å². The zero-order chi connectivity index (χ0) is 22.8. The number of thioether (sulfide) groups is 1. The van der Waals surface area contributed by atoms with E-state index in [0.29, 0.717) is 40.5 Å². The van der Waals surface area contributed by atoms with Gasteiger partial charge in [0.15, 0.2) is 5.17 Å². The molecule has 32 heavy (non-hydrogen) atoms. The monoisotopic (exact) mass is 468 g/mol. The summed E-state index contributed by atoms with van der Waals surface area (Å²) in [6.45, 7) is 6.10. The van der Waals surface area contributed by atoms with Crippen LogP contribution in [0.3, 0.4) is 0 Å². The highest BCUT2D eigenvalue weighted by Crippen LogP contribution is 2.36. The SMILES string of the molecule is CC[C@H](SC1=Nc2ccccc2C2=N[C@H](CC(C)C)C(=O)N12)C(=O)Nc1cccc(Cl)c1. The summed E-state index contributed by atoms with van der Waals surface area (Å²) in [6, 6.07) is 14.3. The Balaban J connectivity index is 1.62. The molecule has 0 spiro atoms. The molecule has 4 rings (SSSR count). The van der Waals surface area contributed by atoms with Crippen LogP contribution >= 0.6 is 23.4 Å². The molecule has 6 nitrogen and oxygen atoms in total. The van der Waals surface area contributed by atoms with Crippen LogP contribution in [0.5, 0.6) is 0 Å². The molecule has 0 radical (unpaired) electrons. The third kappa shape index (κ3) is 4.59. The first-order valence-electron chi connectivity index (χ1n) is 10.7. The number of carbonyl (C=O) groups excluding carboxylic acids is 2. The molecule has 0 aliphatic carbocycles. The molecular formula is C24H25ClN4O2S. The molecule has 166 valence electrons. The lowest BCUT2D eigenvalue weighted by Crippen LogP contribution is -2.42. The molecule has 2 atom stereocenters. The summed E-state index contributed by atoms with van der Waals surface area (Å²) < 4.78 is 0. The van der Waals surface area contributed by atoms with E-state index in [2.05, 4.69) is 19.2 Å². The van der Waals surface area contributed by atoms with Crippen molar-refractivity contribution >= 4 is 57.6 Å².